The molecule has 1 aliphatic carbocycles. The van der Waals surface area contributed by atoms with Crippen LogP contribution in [0.15, 0.2) is 23.2 Å². The standard InChI is InChI=1S/C17H27N3O2S/c1-23(21,22)16-8-5-9-18-17(16)20-12-10-19(11-13-20)14-15-6-3-2-4-7-15/h5,8-9,15H,2-4,6-7,10-14H2,1H3. The van der Waals surface area contributed by atoms with E-state index in [4.69, 9.17) is 0 Å². The Morgan fingerprint density at radius 3 is 2.48 bits per heavy atom. The first-order valence-corrected chi connectivity index (χ1v) is 10.6. The van der Waals surface area contributed by atoms with Crippen LogP contribution in [0.4, 0.5) is 5.82 Å². The quantitative estimate of drug-likeness (QED) is 0.843. The third-order valence-electron chi connectivity index (χ3n) is 5.06. The number of hydrogen-bond acceptors (Lipinski definition) is 5. The van der Waals surface area contributed by atoms with Gasteiger partial charge in [0.25, 0.3) is 0 Å². The van der Waals surface area contributed by atoms with Gasteiger partial charge in [-0.15, -0.1) is 0 Å². The average Bonchev–Trinajstić information content (AvgIpc) is 2.56. The van der Waals surface area contributed by atoms with Crippen LogP contribution in [0.1, 0.15) is 32.1 Å². The molecule has 0 radical (unpaired) electrons. The van der Waals surface area contributed by atoms with Crippen LogP contribution < -0.4 is 4.90 Å². The zero-order valence-corrected chi connectivity index (χ0v) is 14.8. The molecular weight excluding hydrogens is 310 g/mol. The molecule has 3 rings (SSSR count). The number of aromatic nitrogens is 1. The summed E-state index contributed by atoms with van der Waals surface area (Å²) in [6, 6.07) is 3.35. The maximum absolute atomic E-state index is 11.9. The highest BCUT2D eigenvalue weighted by Crippen LogP contribution is 2.26. The summed E-state index contributed by atoms with van der Waals surface area (Å²) < 4.78 is 23.9. The summed E-state index contributed by atoms with van der Waals surface area (Å²) in [7, 11) is -3.24. The van der Waals surface area contributed by atoms with E-state index in [0.717, 1.165) is 32.1 Å². The van der Waals surface area contributed by atoms with E-state index in [0.29, 0.717) is 10.7 Å². The molecule has 2 aliphatic rings. The van der Waals surface area contributed by atoms with Crippen molar-refractivity contribution in [1.29, 1.82) is 0 Å². The molecule has 2 fully saturated rings. The molecule has 0 N–H and O–H groups in total. The summed E-state index contributed by atoms with van der Waals surface area (Å²) in [5.41, 5.74) is 0. The highest BCUT2D eigenvalue weighted by atomic mass is 32.2. The summed E-state index contributed by atoms with van der Waals surface area (Å²) in [4.78, 5) is 9.34. The van der Waals surface area contributed by atoms with Gasteiger partial charge in [-0.1, -0.05) is 19.3 Å². The van der Waals surface area contributed by atoms with Crippen molar-refractivity contribution < 1.29 is 8.42 Å². The summed E-state index contributed by atoms with van der Waals surface area (Å²) in [6.45, 7) is 4.90. The fourth-order valence-corrected chi connectivity index (χ4v) is 4.63. The summed E-state index contributed by atoms with van der Waals surface area (Å²) >= 11 is 0. The molecule has 128 valence electrons. The van der Waals surface area contributed by atoms with Crippen molar-refractivity contribution in [2.75, 3.05) is 43.9 Å². The molecule has 1 saturated carbocycles. The molecule has 0 spiro atoms. The lowest BCUT2D eigenvalue weighted by Gasteiger charge is -2.38. The van der Waals surface area contributed by atoms with Crippen molar-refractivity contribution in [3.8, 4) is 0 Å². The largest absolute Gasteiger partial charge is 0.353 e. The Morgan fingerprint density at radius 2 is 1.83 bits per heavy atom. The van der Waals surface area contributed by atoms with E-state index in [2.05, 4.69) is 14.8 Å². The zero-order valence-electron chi connectivity index (χ0n) is 13.9. The van der Waals surface area contributed by atoms with Gasteiger partial charge in [0.15, 0.2) is 9.84 Å². The lowest BCUT2D eigenvalue weighted by atomic mass is 9.89. The highest BCUT2D eigenvalue weighted by Gasteiger charge is 2.25. The number of nitrogens with zero attached hydrogens (tertiary/aromatic N) is 3. The molecule has 1 aliphatic heterocycles. The maximum Gasteiger partial charge on any atom is 0.179 e. The predicted octanol–water partition coefficient (Wildman–Crippen LogP) is 2.19. The highest BCUT2D eigenvalue weighted by molar-refractivity contribution is 7.90. The van der Waals surface area contributed by atoms with Gasteiger partial charge in [-0.05, 0) is 30.9 Å². The molecule has 0 amide bonds. The van der Waals surface area contributed by atoms with Gasteiger partial charge in [0, 0.05) is 45.2 Å². The van der Waals surface area contributed by atoms with E-state index in [1.54, 1.807) is 18.3 Å². The van der Waals surface area contributed by atoms with Gasteiger partial charge in [-0.25, -0.2) is 13.4 Å². The SMILES string of the molecule is CS(=O)(=O)c1cccnc1N1CCN(CC2CCCCC2)CC1. The minimum atomic E-state index is -3.24. The molecular formula is C17H27N3O2S. The molecule has 0 unspecified atom stereocenters. The second kappa shape index (κ2) is 7.18. The van der Waals surface area contributed by atoms with Crippen molar-refractivity contribution in [3.63, 3.8) is 0 Å². The average molecular weight is 337 g/mol. The van der Waals surface area contributed by atoms with Crippen LogP contribution in [0.25, 0.3) is 0 Å². The van der Waals surface area contributed by atoms with E-state index in [9.17, 15) is 8.42 Å². The first-order chi connectivity index (χ1) is 11.0. The molecule has 1 saturated heterocycles. The Morgan fingerprint density at radius 1 is 1.13 bits per heavy atom. The fraction of sp³-hybridized carbons (Fsp3) is 0.706. The molecule has 2 heterocycles. The molecule has 0 atom stereocenters. The molecule has 0 aromatic carbocycles. The second-order valence-electron chi connectivity index (χ2n) is 6.89. The van der Waals surface area contributed by atoms with Crippen molar-refractivity contribution in [1.82, 2.24) is 9.88 Å². The van der Waals surface area contributed by atoms with Gasteiger partial charge in [-0.2, -0.15) is 0 Å². The number of rotatable bonds is 4. The minimum absolute atomic E-state index is 0.348. The molecule has 5 nitrogen and oxygen atoms in total. The maximum atomic E-state index is 11.9. The van der Waals surface area contributed by atoms with Gasteiger partial charge in [0.1, 0.15) is 10.7 Å². The normalized spacial score (nSPS) is 21.5. The first kappa shape index (κ1) is 16.7. The summed E-state index contributed by atoms with van der Waals surface area (Å²) in [5, 5.41) is 0. The third kappa shape index (κ3) is 4.23. The zero-order chi connectivity index (χ0) is 16.3. The van der Waals surface area contributed by atoms with Crippen LogP contribution in [0.3, 0.4) is 0 Å². The third-order valence-corrected chi connectivity index (χ3v) is 6.18. The van der Waals surface area contributed by atoms with Gasteiger partial charge in [0.2, 0.25) is 0 Å². The fourth-order valence-electron chi connectivity index (χ4n) is 3.79. The van der Waals surface area contributed by atoms with Crippen LogP contribution in [0, 0.1) is 5.92 Å². The monoisotopic (exact) mass is 337 g/mol. The number of hydrogen-bond donors (Lipinski definition) is 0. The van der Waals surface area contributed by atoms with E-state index < -0.39 is 9.84 Å². The van der Waals surface area contributed by atoms with Crippen LogP contribution >= 0.6 is 0 Å². The van der Waals surface area contributed by atoms with Crippen molar-refractivity contribution in [2.24, 2.45) is 5.92 Å². The van der Waals surface area contributed by atoms with Gasteiger partial charge >= 0.3 is 0 Å². The van der Waals surface area contributed by atoms with Crippen LogP contribution in [0.2, 0.25) is 0 Å². The molecule has 6 heteroatoms. The molecule has 23 heavy (non-hydrogen) atoms. The van der Waals surface area contributed by atoms with Crippen LogP contribution in [-0.2, 0) is 9.84 Å². The lowest BCUT2D eigenvalue weighted by molar-refractivity contribution is 0.191. The van der Waals surface area contributed by atoms with Gasteiger partial charge in [0.05, 0.1) is 0 Å². The number of pyridine rings is 1. The van der Waals surface area contributed by atoms with E-state index in [1.165, 1.54) is 44.9 Å². The molecule has 1 aromatic heterocycles. The smallest absolute Gasteiger partial charge is 0.179 e. The molecule has 1 aromatic rings. The summed E-state index contributed by atoms with van der Waals surface area (Å²) in [6.07, 6.45) is 9.85. The Labute approximate surface area is 139 Å². The molecule has 0 bridgehead atoms. The Hall–Kier alpha value is -1.14. The second-order valence-corrected chi connectivity index (χ2v) is 8.87. The first-order valence-electron chi connectivity index (χ1n) is 8.66. The Kier molecular flexibility index (Phi) is 5.21. The summed E-state index contributed by atoms with van der Waals surface area (Å²) in [5.74, 6) is 1.48. The van der Waals surface area contributed by atoms with Crippen molar-refractivity contribution >= 4 is 15.7 Å². The van der Waals surface area contributed by atoms with Crippen molar-refractivity contribution in [2.45, 2.75) is 37.0 Å². The Bertz CT molecular complexity index is 618. The van der Waals surface area contributed by atoms with E-state index >= 15 is 0 Å². The van der Waals surface area contributed by atoms with Crippen LogP contribution in [-0.4, -0.2) is 57.3 Å². The lowest BCUT2D eigenvalue weighted by Crippen LogP contribution is -2.48. The van der Waals surface area contributed by atoms with Gasteiger partial charge < -0.3 is 4.90 Å². The minimum Gasteiger partial charge on any atom is -0.353 e. The Balaban J connectivity index is 1.61. The van der Waals surface area contributed by atoms with E-state index in [-0.39, 0.29) is 0 Å². The number of sulfone groups is 1. The van der Waals surface area contributed by atoms with Gasteiger partial charge in [-0.3, -0.25) is 4.90 Å². The van der Waals surface area contributed by atoms with E-state index in [1.807, 2.05) is 0 Å². The van der Waals surface area contributed by atoms with Crippen molar-refractivity contribution in [3.05, 3.63) is 18.3 Å². The number of piperazine rings is 1. The van der Waals surface area contributed by atoms with Crippen LogP contribution in [0.5, 0.6) is 0 Å². The topological polar surface area (TPSA) is 53.5 Å². The predicted molar refractivity (Wildman–Crippen MR) is 92.6 cm³/mol. The number of anilines is 1.